The molecular weight excluding hydrogens is 198 g/mol. The van der Waals surface area contributed by atoms with Crippen LogP contribution in [0.3, 0.4) is 0 Å². The van der Waals surface area contributed by atoms with Crippen molar-refractivity contribution in [2.45, 2.75) is 18.9 Å². The van der Waals surface area contributed by atoms with Gasteiger partial charge in [0, 0.05) is 25.2 Å². The van der Waals surface area contributed by atoms with Crippen LogP contribution in [0, 0.1) is 0 Å². The molecule has 0 aromatic heterocycles. The number of hydrogen-bond donors (Lipinski definition) is 1. The number of para-hydroxylation sites is 1. The van der Waals surface area contributed by atoms with Crippen molar-refractivity contribution in [2.75, 3.05) is 19.0 Å². The number of nitrogens with one attached hydrogen (secondary N) is 1. The molecule has 1 N–H and O–H groups in total. The summed E-state index contributed by atoms with van der Waals surface area (Å²) in [7, 11) is 1.71. The molecule has 1 unspecified atom stereocenters. The normalized spacial score (nSPS) is 12.5. The second-order valence-corrected chi connectivity index (χ2v) is 3.49. The van der Waals surface area contributed by atoms with Gasteiger partial charge in [0.15, 0.2) is 0 Å². The van der Waals surface area contributed by atoms with Gasteiger partial charge in [-0.1, -0.05) is 18.2 Å². The Balaban J connectivity index is 2.57. The number of methoxy groups -OCH3 is 1. The van der Waals surface area contributed by atoms with Gasteiger partial charge in [-0.3, -0.25) is 0 Å². The van der Waals surface area contributed by atoms with Crippen molar-refractivity contribution in [3.8, 4) is 0 Å². The van der Waals surface area contributed by atoms with Crippen LogP contribution >= 0.6 is 11.6 Å². The van der Waals surface area contributed by atoms with Gasteiger partial charge in [-0.25, -0.2) is 0 Å². The van der Waals surface area contributed by atoms with Crippen molar-refractivity contribution in [1.29, 1.82) is 0 Å². The molecule has 1 aromatic rings. The van der Waals surface area contributed by atoms with E-state index in [1.54, 1.807) is 7.11 Å². The van der Waals surface area contributed by atoms with E-state index in [2.05, 4.69) is 5.32 Å². The zero-order valence-corrected chi connectivity index (χ0v) is 9.34. The molecule has 3 heteroatoms. The lowest BCUT2D eigenvalue weighted by atomic mass is 10.2. The fourth-order valence-electron chi connectivity index (χ4n) is 1.15. The Kier molecular flexibility index (Phi) is 4.77. The van der Waals surface area contributed by atoms with E-state index >= 15 is 0 Å². The Morgan fingerprint density at radius 2 is 2.14 bits per heavy atom. The molecule has 0 fully saturated rings. The molecule has 0 heterocycles. The average Bonchev–Trinajstić information content (AvgIpc) is 2.26. The van der Waals surface area contributed by atoms with Gasteiger partial charge in [0.1, 0.15) is 0 Å². The van der Waals surface area contributed by atoms with Crippen LogP contribution in [0.4, 0.5) is 5.69 Å². The molecule has 0 aliphatic heterocycles. The van der Waals surface area contributed by atoms with E-state index < -0.39 is 0 Å². The number of hydrogen-bond acceptors (Lipinski definition) is 2. The quantitative estimate of drug-likeness (QED) is 0.760. The molecule has 0 spiro atoms. The fourth-order valence-corrected chi connectivity index (χ4v) is 1.38. The SMILES string of the molecule is COC(C)CNc1ccccc1CCl. The second-order valence-electron chi connectivity index (χ2n) is 3.22. The monoisotopic (exact) mass is 213 g/mol. The third-order valence-electron chi connectivity index (χ3n) is 2.14. The van der Waals surface area contributed by atoms with Crippen LogP contribution in [0.15, 0.2) is 24.3 Å². The Bertz CT molecular complexity index is 278. The molecule has 0 radical (unpaired) electrons. The summed E-state index contributed by atoms with van der Waals surface area (Å²) in [6, 6.07) is 8.03. The fraction of sp³-hybridized carbons (Fsp3) is 0.455. The highest BCUT2D eigenvalue weighted by Gasteiger charge is 2.02. The molecule has 1 atom stereocenters. The third kappa shape index (κ3) is 3.20. The smallest absolute Gasteiger partial charge is 0.0715 e. The lowest BCUT2D eigenvalue weighted by Gasteiger charge is -2.13. The van der Waals surface area contributed by atoms with Gasteiger partial charge in [0.25, 0.3) is 0 Å². The van der Waals surface area contributed by atoms with E-state index in [9.17, 15) is 0 Å². The van der Waals surface area contributed by atoms with E-state index in [1.807, 2.05) is 31.2 Å². The standard InChI is InChI=1S/C11H16ClNO/c1-9(14-2)8-13-11-6-4-3-5-10(11)7-12/h3-6,9,13H,7-8H2,1-2H3. The van der Waals surface area contributed by atoms with Gasteiger partial charge < -0.3 is 10.1 Å². The van der Waals surface area contributed by atoms with E-state index in [-0.39, 0.29) is 6.10 Å². The molecule has 1 aromatic carbocycles. The van der Waals surface area contributed by atoms with Gasteiger partial charge in [-0.15, -0.1) is 11.6 Å². The Morgan fingerprint density at radius 3 is 2.79 bits per heavy atom. The van der Waals surface area contributed by atoms with E-state index in [0.717, 1.165) is 17.8 Å². The molecule has 1 rings (SSSR count). The first-order chi connectivity index (χ1) is 6.77. The van der Waals surface area contributed by atoms with Crippen molar-refractivity contribution in [3.05, 3.63) is 29.8 Å². The molecule has 0 aliphatic carbocycles. The highest BCUT2D eigenvalue weighted by atomic mass is 35.5. The van der Waals surface area contributed by atoms with Crippen molar-refractivity contribution in [1.82, 2.24) is 0 Å². The number of rotatable bonds is 5. The number of alkyl halides is 1. The van der Waals surface area contributed by atoms with Gasteiger partial charge in [0.2, 0.25) is 0 Å². The van der Waals surface area contributed by atoms with E-state index in [1.165, 1.54) is 0 Å². The Labute approximate surface area is 90.2 Å². The first-order valence-electron chi connectivity index (χ1n) is 4.68. The summed E-state index contributed by atoms with van der Waals surface area (Å²) < 4.78 is 5.15. The molecule has 0 aliphatic rings. The van der Waals surface area contributed by atoms with Crippen molar-refractivity contribution in [3.63, 3.8) is 0 Å². The predicted molar refractivity (Wildman–Crippen MR) is 61.0 cm³/mol. The number of anilines is 1. The molecule has 0 amide bonds. The van der Waals surface area contributed by atoms with Crippen LogP contribution in [0.5, 0.6) is 0 Å². The van der Waals surface area contributed by atoms with Crippen LogP contribution in [0.1, 0.15) is 12.5 Å². The molecule has 0 saturated carbocycles. The van der Waals surface area contributed by atoms with Gasteiger partial charge in [-0.05, 0) is 18.6 Å². The van der Waals surface area contributed by atoms with Gasteiger partial charge in [0.05, 0.1) is 6.10 Å². The Hall–Kier alpha value is -0.730. The van der Waals surface area contributed by atoms with Crippen LogP contribution in [0.2, 0.25) is 0 Å². The van der Waals surface area contributed by atoms with Crippen LogP contribution in [-0.2, 0) is 10.6 Å². The summed E-state index contributed by atoms with van der Waals surface area (Å²) in [5.74, 6) is 0.532. The van der Waals surface area contributed by atoms with Crippen molar-refractivity contribution < 1.29 is 4.74 Å². The first kappa shape index (κ1) is 11.3. The van der Waals surface area contributed by atoms with Crippen LogP contribution < -0.4 is 5.32 Å². The molecule has 14 heavy (non-hydrogen) atoms. The summed E-state index contributed by atoms with van der Waals surface area (Å²) in [4.78, 5) is 0. The minimum Gasteiger partial charge on any atom is -0.382 e. The zero-order valence-electron chi connectivity index (χ0n) is 8.59. The number of halogens is 1. The first-order valence-corrected chi connectivity index (χ1v) is 5.22. The molecule has 0 bridgehead atoms. The number of benzene rings is 1. The lowest BCUT2D eigenvalue weighted by Crippen LogP contribution is -2.18. The number of ether oxygens (including phenoxy) is 1. The molecule has 2 nitrogen and oxygen atoms in total. The molecule has 78 valence electrons. The van der Waals surface area contributed by atoms with E-state index in [0.29, 0.717) is 5.88 Å². The van der Waals surface area contributed by atoms with Crippen molar-refractivity contribution >= 4 is 17.3 Å². The minimum atomic E-state index is 0.207. The van der Waals surface area contributed by atoms with E-state index in [4.69, 9.17) is 16.3 Å². The highest BCUT2D eigenvalue weighted by molar-refractivity contribution is 6.17. The average molecular weight is 214 g/mol. The Morgan fingerprint density at radius 1 is 1.43 bits per heavy atom. The summed E-state index contributed by atoms with van der Waals surface area (Å²) >= 11 is 5.81. The zero-order chi connectivity index (χ0) is 10.4. The van der Waals surface area contributed by atoms with Crippen LogP contribution in [-0.4, -0.2) is 19.8 Å². The maximum Gasteiger partial charge on any atom is 0.0715 e. The summed E-state index contributed by atoms with van der Waals surface area (Å²) in [5, 5.41) is 3.31. The van der Waals surface area contributed by atoms with Crippen molar-refractivity contribution in [2.24, 2.45) is 0 Å². The topological polar surface area (TPSA) is 21.3 Å². The van der Waals surface area contributed by atoms with Crippen LogP contribution in [0.25, 0.3) is 0 Å². The lowest BCUT2D eigenvalue weighted by molar-refractivity contribution is 0.129. The van der Waals surface area contributed by atoms with Gasteiger partial charge >= 0.3 is 0 Å². The third-order valence-corrected chi connectivity index (χ3v) is 2.43. The molecule has 0 saturated heterocycles. The largest absolute Gasteiger partial charge is 0.382 e. The maximum atomic E-state index is 5.81. The maximum absolute atomic E-state index is 5.81. The molecular formula is C11H16ClNO. The highest BCUT2D eigenvalue weighted by Crippen LogP contribution is 2.16. The summed E-state index contributed by atoms with van der Waals surface area (Å²) in [5.41, 5.74) is 2.21. The summed E-state index contributed by atoms with van der Waals surface area (Å²) in [6.45, 7) is 2.82. The predicted octanol–water partition coefficient (Wildman–Crippen LogP) is 2.87. The minimum absolute atomic E-state index is 0.207. The summed E-state index contributed by atoms with van der Waals surface area (Å²) in [6.07, 6.45) is 0.207. The second kappa shape index (κ2) is 5.89. The van der Waals surface area contributed by atoms with Gasteiger partial charge in [-0.2, -0.15) is 0 Å².